The van der Waals surface area contributed by atoms with E-state index in [1.54, 1.807) is 12.3 Å². The van der Waals surface area contributed by atoms with Crippen molar-refractivity contribution < 1.29 is 0 Å². The maximum atomic E-state index is 6.45. The molecule has 0 fully saturated rings. The summed E-state index contributed by atoms with van der Waals surface area (Å²) >= 11 is 6.45. The van der Waals surface area contributed by atoms with Gasteiger partial charge >= 0.3 is 0 Å². The Kier molecular flexibility index (Phi) is 3.70. The standard InChI is InChI=1S/C18H16ClN5/c19-24-16-3-1-2-12(10-16)4-5-13-8-14(20)11-15(9-13)22-17-6-7-21-18(24)23-17/h1-3,6-11H,4-5,20H2,(H,21,22,23). The molecule has 0 aliphatic carbocycles. The van der Waals surface area contributed by atoms with Crippen molar-refractivity contribution in [3.05, 3.63) is 65.9 Å². The number of aromatic nitrogens is 2. The number of hydrogen-bond acceptors (Lipinski definition) is 5. The van der Waals surface area contributed by atoms with Gasteiger partial charge in [-0.15, -0.1) is 0 Å². The van der Waals surface area contributed by atoms with Crippen molar-refractivity contribution in [2.24, 2.45) is 0 Å². The fourth-order valence-electron chi connectivity index (χ4n) is 2.83. The number of nitrogen functional groups attached to an aromatic ring is 1. The third-order valence-electron chi connectivity index (χ3n) is 3.95. The van der Waals surface area contributed by atoms with Crippen LogP contribution in [0.4, 0.5) is 28.8 Å². The number of fused-ring (bicyclic) bond motifs is 6. The van der Waals surface area contributed by atoms with Crippen LogP contribution >= 0.6 is 11.8 Å². The van der Waals surface area contributed by atoms with Gasteiger partial charge in [0.2, 0.25) is 5.95 Å². The van der Waals surface area contributed by atoms with E-state index in [-0.39, 0.29) is 0 Å². The molecule has 0 amide bonds. The van der Waals surface area contributed by atoms with Crippen LogP contribution in [0.1, 0.15) is 11.1 Å². The van der Waals surface area contributed by atoms with Crippen molar-refractivity contribution >= 4 is 40.6 Å². The van der Waals surface area contributed by atoms with Crippen molar-refractivity contribution in [3.8, 4) is 0 Å². The van der Waals surface area contributed by atoms with E-state index in [1.165, 1.54) is 15.5 Å². The molecule has 3 aromatic rings. The number of rotatable bonds is 0. The zero-order valence-electron chi connectivity index (χ0n) is 12.9. The van der Waals surface area contributed by atoms with Gasteiger partial charge in [0, 0.05) is 29.3 Å². The Morgan fingerprint density at radius 1 is 1.04 bits per heavy atom. The second-order valence-electron chi connectivity index (χ2n) is 5.78. The van der Waals surface area contributed by atoms with Crippen LogP contribution in [0.25, 0.3) is 0 Å². The Morgan fingerprint density at radius 2 is 1.92 bits per heavy atom. The molecule has 6 bridgehead atoms. The molecule has 1 aromatic heterocycles. The van der Waals surface area contributed by atoms with Gasteiger partial charge in [0.1, 0.15) is 5.82 Å². The quantitative estimate of drug-likeness (QED) is 0.475. The molecule has 1 aliphatic rings. The molecule has 0 saturated heterocycles. The predicted molar refractivity (Wildman–Crippen MR) is 98.0 cm³/mol. The fraction of sp³-hybridized carbons (Fsp3) is 0.111. The predicted octanol–water partition coefficient (Wildman–Crippen LogP) is 4.19. The summed E-state index contributed by atoms with van der Waals surface area (Å²) in [4.78, 5) is 8.75. The van der Waals surface area contributed by atoms with Gasteiger partial charge in [-0.2, -0.15) is 4.98 Å². The van der Waals surface area contributed by atoms with Crippen molar-refractivity contribution in [2.45, 2.75) is 12.8 Å². The molecule has 3 N–H and O–H groups in total. The Balaban J connectivity index is 1.85. The second-order valence-corrected chi connectivity index (χ2v) is 6.12. The topological polar surface area (TPSA) is 67.1 Å². The Labute approximate surface area is 145 Å². The van der Waals surface area contributed by atoms with E-state index in [9.17, 15) is 0 Å². The van der Waals surface area contributed by atoms with Crippen molar-refractivity contribution in [2.75, 3.05) is 15.5 Å². The van der Waals surface area contributed by atoms with Gasteiger partial charge in [0.15, 0.2) is 0 Å². The summed E-state index contributed by atoms with van der Waals surface area (Å²) < 4.78 is 1.47. The number of aryl methyl sites for hydroxylation is 2. The van der Waals surface area contributed by atoms with E-state index < -0.39 is 0 Å². The van der Waals surface area contributed by atoms with E-state index in [1.807, 2.05) is 24.3 Å². The van der Waals surface area contributed by atoms with Gasteiger partial charge in [0.05, 0.1) is 5.69 Å². The minimum atomic E-state index is 0.419. The Bertz CT molecular complexity index is 896. The lowest BCUT2D eigenvalue weighted by molar-refractivity contribution is 0.961. The Hall–Kier alpha value is -2.79. The van der Waals surface area contributed by atoms with Crippen molar-refractivity contribution in [1.29, 1.82) is 0 Å². The molecule has 24 heavy (non-hydrogen) atoms. The first-order valence-corrected chi connectivity index (χ1v) is 8.05. The van der Waals surface area contributed by atoms with E-state index >= 15 is 0 Å². The van der Waals surface area contributed by atoms with E-state index in [0.717, 1.165) is 29.9 Å². The molecule has 0 atom stereocenters. The van der Waals surface area contributed by atoms with Crippen molar-refractivity contribution in [1.82, 2.24) is 9.97 Å². The lowest BCUT2D eigenvalue weighted by Gasteiger charge is -2.15. The van der Waals surface area contributed by atoms with Gasteiger partial charge in [-0.25, -0.2) is 9.40 Å². The average molecular weight is 338 g/mol. The number of nitrogens with two attached hydrogens (primary N) is 1. The maximum absolute atomic E-state index is 6.45. The van der Waals surface area contributed by atoms with Gasteiger partial charge in [-0.1, -0.05) is 12.1 Å². The molecule has 5 nitrogen and oxygen atoms in total. The summed E-state index contributed by atoms with van der Waals surface area (Å²) in [6.07, 6.45) is 3.48. The number of benzene rings is 2. The first kappa shape index (κ1) is 14.8. The SMILES string of the molecule is Nc1cc2cc(c1)Nc1ccnc(n1)N(Cl)c1cccc(c1)CC2. The molecular formula is C18H16ClN5. The molecule has 0 unspecified atom stereocenters. The molecule has 6 heteroatoms. The first-order valence-electron chi connectivity index (χ1n) is 7.72. The minimum absolute atomic E-state index is 0.419. The highest BCUT2D eigenvalue weighted by molar-refractivity contribution is 6.28. The average Bonchev–Trinajstić information content (AvgIpc) is 2.59. The first-order chi connectivity index (χ1) is 11.7. The lowest BCUT2D eigenvalue weighted by atomic mass is 10.0. The van der Waals surface area contributed by atoms with Gasteiger partial charge < -0.3 is 11.1 Å². The molecule has 0 saturated carbocycles. The molecule has 1 aliphatic heterocycles. The Morgan fingerprint density at radius 3 is 2.83 bits per heavy atom. The minimum Gasteiger partial charge on any atom is -0.399 e. The smallest absolute Gasteiger partial charge is 0.247 e. The molecule has 0 radical (unpaired) electrons. The number of halogens is 1. The largest absolute Gasteiger partial charge is 0.399 e. The summed E-state index contributed by atoms with van der Waals surface area (Å²) in [7, 11) is 0. The van der Waals surface area contributed by atoms with Crippen LogP contribution < -0.4 is 15.5 Å². The number of nitrogens with one attached hydrogen (secondary N) is 1. The zero-order valence-corrected chi connectivity index (χ0v) is 13.7. The third kappa shape index (κ3) is 2.98. The summed E-state index contributed by atoms with van der Waals surface area (Å²) in [6.45, 7) is 0. The second kappa shape index (κ2) is 6.02. The van der Waals surface area contributed by atoms with Gasteiger partial charge in [-0.3, -0.25) is 0 Å². The van der Waals surface area contributed by atoms with E-state index in [0.29, 0.717) is 11.8 Å². The van der Waals surface area contributed by atoms with Crippen LogP contribution in [0.3, 0.4) is 0 Å². The number of anilines is 5. The number of hydrogen-bond donors (Lipinski definition) is 2. The third-order valence-corrected chi connectivity index (χ3v) is 4.29. The maximum Gasteiger partial charge on any atom is 0.247 e. The highest BCUT2D eigenvalue weighted by atomic mass is 35.5. The zero-order chi connectivity index (χ0) is 16.5. The highest BCUT2D eigenvalue weighted by Crippen LogP contribution is 2.28. The van der Waals surface area contributed by atoms with Crippen LogP contribution in [0.15, 0.2) is 54.7 Å². The van der Waals surface area contributed by atoms with Gasteiger partial charge in [-0.05, 0) is 60.4 Å². The molecule has 4 rings (SSSR count). The molecule has 2 heterocycles. The lowest BCUT2D eigenvalue weighted by Crippen LogP contribution is -2.07. The van der Waals surface area contributed by atoms with Crippen LogP contribution in [-0.2, 0) is 12.8 Å². The molecular weight excluding hydrogens is 322 g/mol. The van der Waals surface area contributed by atoms with Crippen LogP contribution in [0, 0.1) is 0 Å². The van der Waals surface area contributed by atoms with Crippen LogP contribution in [0.5, 0.6) is 0 Å². The van der Waals surface area contributed by atoms with Gasteiger partial charge in [0.25, 0.3) is 0 Å². The normalized spacial score (nSPS) is 13.3. The summed E-state index contributed by atoms with van der Waals surface area (Å²) in [6, 6.07) is 15.9. The molecule has 120 valence electrons. The van der Waals surface area contributed by atoms with Crippen LogP contribution in [-0.4, -0.2) is 9.97 Å². The summed E-state index contributed by atoms with van der Waals surface area (Å²) in [5, 5.41) is 3.27. The fourth-order valence-corrected chi connectivity index (χ4v) is 3.02. The summed E-state index contributed by atoms with van der Waals surface area (Å²) in [5.41, 5.74) is 10.9. The van der Waals surface area contributed by atoms with Crippen LogP contribution in [0.2, 0.25) is 0 Å². The molecule has 2 aromatic carbocycles. The monoisotopic (exact) mass is 337 g/mol. The summed E-state index contributed by atoms with van der Waals surface area (Å²) in [5.74, 6) is 1.08. The van der Waals surface area contributed by atoms with Crippen molar-refractivity contribution in [3.63, 3.8) is 0 Å². The molecule has 0 spiro atoms. The number of nitrogens with zero attached hydrogens (tertiary/aromatic N) is 3. The van der Waals surface area contributed by atoms with E-state index in [4.69, 9.17) is 17.5 Å². The highest BCUT2D eigenvalue weighted by Gasteiger charge is 2.12. The van der Waals surface area contributed by atoms with E-state index in [2.05, 4.69) is 33.5 Å².